The molecule has 0 bridgehead atoms. The number of hydrogen-bond donors (Lipinski definition) is 2. The maximum absolute atomic E-state index is 12.7. The van der Waals surface area contributed by atoms with Crippen LogP contribution >= 0.6 is 0 Å². The van der Waals surface area contributed by atoms with Gasteiger partial charge in [-0.05, 0) is 19.8 Å². The fourth-order valence-corrected chi connectivity index (χ4v) is 3.03. The lowest BCUT2D eigenvalue weighted by molar-refractivity contribution is -0.132. The number of rotatable bonds is 4. The van der Waals surface area contributed by atoms with Gasteiger partial charge in [0.25, 0.3) is 0 Å². The highest BCUT2D eigenvalue weighted by molar-refractivity contribution is 5.83. The van der Waals surface area contributed by atoms with Crippen molar-refractivity contribution in [1.29, 1.82) is 0 Å². The standard InChI is InChI=1S/C14H25N5O/c1-11(12-18-16-10-19(12)2)17-13(20)14(9-15)7-5-3-4-6-8-14/h10-11H,3-9,15H2,1-2H3,(H,17,20). The Morgan fingerprint density at radius 3 is 2.60 bits per heavy atom. The predicted molar refractivity (Wildman–Crippen MR) is 76.8 cm³/mol. The summed E-state index contributed by atoms with van der Waals surface area (Å²) >= 11 is 0. The lowest BCUT2D eigenvalue weighted by atomic mass is 9.79. The fourth-order valence-electron chi connectivity index (χ4n) is 3.03. The normalized spacial score (nSPS) is 20.1. The molecule has 1 saturated carbocycles. The number of amides is 1. The van der Waals surface area contributed by atoms with Gasteiger partial charge in [-0.25, -0.2) is 0 Å². The van der Waals surface area contributed by atoms with Crippen LogP contribution in [0.2, 0.25) is 0 Å². The first-order valence-corrected chi connectivity index (χ1v) is 7.44. The van der Waals surface area contributed by atoms with Crippen LogP contribution in [-0.4, -0.2) is 27.2 Å². The molecule has 3 N–H and O–H groups in total. The quantitative estimate of drug-likeness (QED) is 0.813. The third-order valence-corrected chi connectivity index (χ3v) is 4.41. The molecule has 1 unspecified atom stereocenters. The molecule has 1 atom stereocenters. The van der Waals surface area contributed by atoms with E-state index >= 15 is 0 Å². The molecule has 112 valence electrons. The first kappa shape index (κ1) is 15.0. The summed E-state index contributed by atoms with van der Waals surface area (Å²) in [4.78, 5) is 12.7. The number of hydrogen-bond acceptors (Lipinski definition) is 4. The molecule has 6 heteroatoms. The number of carbonyl (C=O) groups excluding carboxylic acids is 1. The molecular formula is C14H25N5O. The van der Waals surface area contributed by atoms with E-state index in [2.05, 4.69) is 15.5 Å². The second kappa shape index (κ2) is 6.35. The van der Waals surface area contributed by atoms with E-state index < -0.39 is 5.41 Å². The Labute approximate surface area is 120 Å². The van der Waals surface area contributed by atoms with Gasteiger partial charge in [0.2, 0.25) is 5.91 Å². The Kier molecular flexibility index (Phi) is 4.75. The highest BCUT2D eigenvalue weighted by atomic mass is 16.2. The van der Waals surface area contributed by atoms with E-state index in [0.29, 0.717) is 6.54 Å². The van der Waals surface area contributed by atoms with E-state index in [-0.39, 0.29) is 11.9 Å². The van der Waals surface area contributed by atoms with Crippen LogP contribution < -0.4 is 11.1 Å². The largest absolute Gasteiger partial charge is 0.346 e. The zero-order chi connectivity index (χ0) is 14.6. The van der Waals surface area contributed by atoms with Crippen molar-refractivity contribution in [3.63, 3.8) is 0 Å². The topological polar surface area (TPSA) is 85.8 Å². The maximum atomic E-state index is 12.7. The van der Waals surface area contributed by atoms with Crippen LogP contribution in [0, 0.1) is 5.41 Å². The molecule has 0 aliphatic heterocycles. The lowest BCUT2D eigenvalue weighted by Crippen LogP contribution is -2.46. The zero-order valence-corrected chi connectivity index (χ0v) is 12.4. The van der Waals surface area contributed by atoms with Gasteiger partial charge in [0, 0.05) is 13.6 Å². The van der Waals surface area contributed by atoms with E-state index in [9.17, 15) is 4.79 Å². The molecule has 6 nitrogen and oxygen atoms in total. The lowest BCUT2D eigenvalue weighted by Gasteiger charge is -2.31. The molecule has 1 aliphatic carbocycles. The number of aryl methyl sites for hydroxylation is 1. The summed E-state index contributed by atoms with van der Waals surface area (Å²) in [6.45, 7) is 2.35. The molecule has 0 spiro atoms. The van der Waals surface area contributed by atoms with E-state index in [1.807, 2.05) is 18.5 Å². The van der Waals surface area contributed by atoms with Gasteiger partial charge in [0.1, 0.15) is 6.33 Å². The molecular weight excluding hydrogens is 254 g/mol. The van der Waals surface area contributed by atoms with Crippen LogP contribution in [0.25, 0.3) is 0 Å². The van der Waals surface area contributed by atoms with Crippen LogP contribution in [0.15, 0.2) is 6.33 Å². The average Bonchev–Trinajstić information content (AvgIpc) is 2.73. The minimum absolute atomic E-state index is 0.0670. The first-order valence-electron chi connectivity index (χ1n) is 7.44. The third kappa shape index (κ3) is 3.00. The highest BCUT2D eigenvalue weighted by Gasteiger charge is 2.38. The Morgan fingerprint density at radius 1 is 1.45 bits per heavy atom. The van der Waals surface area contributed by atoms with Gasteiger partial charge in [-0.1, -0.05) is 25.7 Å². The van der Waals surface area contributed by atoms with Crippen LogP contribution in [0.3, 0.4) is 0 Å². The van der Waals surface area contributed by atoms with E-state index in [1.165, 1.54) is 12.8 Å². The van der Waals surface area contributed by atoms with E-state index in [4.69, 9.17) is 5.73 Å². The number of aromatic nitrogens is 3. The molecule has 1 fully saturated rings. The molecule has 1 amide bonds. The van der Waals surface area contributed by atoms with Gasteiger partial charge in [-0.2, -0.15) is 0 Å². The number of nitrogens with one attached hydrogen (secondary N) is 1. The highest BCUT2D eigenvalue weighted by Crippen LogP contribution is 2.34. The summed E-state index contributed by atoms with van der Waals surface area (Å²) in [6, 6.07) is -0.151. The summed E-state index contributed by atoms with van der Waals surface area (Å²) in [6.07, 6.45) is 8.00. The van der Waals surface area contributed by atoms with Crippen molar-refractivity contribution in [1.82, 2.24) is 20.1 Å². The Bertz CT molecular complexity index is 448. The summed E-state index contributed by atoms with van der Waals surface area (Å²) in [7, 11) is 1.88. The summed E-state index contributed by atoms with van der Waals surface area (Å²) in [5, 5.41) is 11.0. The second-order valence-corrected chi connectivity index (χ2v) is 5.89. The molecule has 0 saturated heterocycles. The van der Waals surface area contributed by atoms with Crippen molar-refractivity contribution in [3.8, 4) is 0 Å². The van der Waals surface area contributed by atoms with Crippen molar-refractivity contribution >= 4 is 5.91 Å². The third-order valence-electron chi connectivity index (χ3n) is 4.41. The smallest absolute Gasteiger partial charge is 0.228 e. The molecule has 1 aromatic rings. The van der Waals surface area contributed by atoms with Crippen LogP contribution in [-0.2, 0) is 11.8 Å². The van der Waals surface area contributed by atoms with E-state index in [0.717, 1.165) is 31.5 Å². The van der Waals surface area contributed by atoms with Crippen molar-refractivity contribution < 1.29 is 4.79 Å². The Balaban J connectivity index is 2.07. The first-order chi connectivity index (χ1) is 9.59. The predicted octanol–water partition coefficient (Wildman–Crippen LogP) is 1.29. The summed E-state index contributed by atoms with van der Waals surface area (Å²) in [5.41, 5.74) is 5.54. The van der Waals surface area contributed by atoms with Crippen molar-refractivity contribution in [2.75, 3.05) is 6.54 Å². The van der Waals surface area contributed by atoms with Crippen LogP contribution in [0.1, 0.15) is 57.3 Å². The molecule has 0 aromatic carbocycles. The fraction of sp³-hybridized carbons (Fsp3) is 0.786. The van der Waals surface area contributed by atoms with Gasteiger partial charge in [-0.15, -0.1) is 10.2 Å². The second-order valence-electron chi connectivity index (χ2n) is 5.89. The van der Waals surface area contributed by atoms with Gasteiger partial charge in [0.15, 0.2) is 5.82 Å². The summed E-state index contributed by atoms with van der Waals surface area (Å²) in [5.74, 6) is 0.830. The number of nitrogens with zero attached hydrogens (tertiary/aromatic N) is 3. The Hall–Kier alpha value is -1.43. The van der Waals surface area contributed by atoms with Gasteiger partial charge >= 0.3 is 0 Å². The van der Waals surface area contributed by atoms with Gasteiger partial charge in [-0.3, -0.25) is 4.79 Å². The van der Waals surface area contributed by atoms with Crippen molar-refractivity contribution in [2.24, 2.45) is 18.2 Å². The van der Waals surface area contributed by atoms with E-state index in [1.54, 1.807) is 6.33 Å². The van der Waals surface area contributed by atoms with Crippen molar-refractivity contribution in [2.45, 2.75) is 51.5 Å². The van der Waals surface area contributed by atoms with Crippen LogP contribution in [0.5, 0.6) is 0 Å². The molecule has 0 radical (unpaired) electrons. The summed E-state index contributed by atoms with van der Waals surface area (Å²) < 4.78 is 1.83. The number of carbonyl (C=O) groups is 1. The van der Waals surface area contributed by atoms with Crippen molar-refractivity contribution in [3.05, 3.63) is 12.2 Å². The van der Waals surface area contributed by atoms with Crippen LogP contribution in [0.4, 0.5) is 0 Å². The Morgan fingerprint density at radius 2 is 2.10 bits per heavy atom. The minimum atomic E-state index is -0.399. The molecule has 2 rings (SSSR count). The average molecular weight is 279 g/mol. The molecule has 1 aliphatic rings. The minimum Gasteiger partial charge on any atom is -0.346 e. The monoisotopic (exact) mass is 279 g/mol. The maximum Gasteiger partial charge on any atom is 0.228 e. The molecule has 20 heavy (non-hydrogen) atoms. The number of nitrogens with two attached hydrogens (primary N) is 1. The zero-order valence-electron chi connectivity index (χ0n) is 12.4. The van der Waals surface area contributed by atoms with Gasteiger partial charge < -0.3 is 15.6 Å². The molecule has 1 heterocycles. The SMILES string of the molecule is CC(NC(=O)C1(CN)CCCCCC1)c1nncn1C. The van der Waals surface area contributed by atoms with Gasteiger partial charge in [0.05, 0.1) is 11.5 Å². The molecule has 1 aromatic heterocycles.